The Bertz CT molecular complexity index is 485. The Morgan fingerprint density at radius 1 is 1.47 bits per heavy atom. The first-order valence-electron chi connectivity index (χ1n) is 4.78. The number of para-hydroxylation sites is 1. The molecule has 0 aliphatic heterocycles. The van der Waals surface area contributed by atoms with E-state index in [4.69, 9.17) is 10.2 Å². The zero-order valence-electron chi connectivity index (χ0n) is 8.75. The van der Waals surface area contributed by atoms with E-state index in [1.54, 1.807) is 12.1 Å². The number of hydrogen-bond donors (Lipinski definition) is 1. The van der Waals surface area contributed by atoms with Gasteiger partial charge in [0.1, 0.15) is 5.52 Å². The van der Waals surface area contributed by atoms with Gasteiger partial charge in [-0.1, -0.05) is 6.07 Å². The quantitative estimate of drug-likeness (QED) is 0.823. The third kappa shape index (κ3) is 2.15. The van der Waals surface area contributed by atoms with E-state index in [1.165, 1.54) is 6.07 Å². The van der Waals surface area contributed by atoms with Gasteiger partial charge in [0.25, 0.3) is 0 Å². The normalized spacial score (nSPS) is 12.3. The third-order valence-electron chi connectivity index (χ3n) is 2.02. The molecule has 3 nitrogen and oxygen atoms in total. The highest BCUT2D eigenvalue weighted by molar-refractivity contribution is 5.72. The number of hydrogen-bond acceptors (Lipinski definition) is 3. The highest BCUT2D eigenvalue weighted by Crippen LogP contribution is 2.20. The topological polar surface area (TPSA) is 52.0 Å². The van der Waals surface area contributed by atoms with Gasteiger partial charge in [-0.15, -0.1) is 0 Å². The summed E-state index contributed by atoms with van der Waals surface area (Å²) in [4.78, 5) is 4.17. The molecule has 0 saturated carbocycles. The monoisotopic (exact) mass is 208 g/mol. The van der Waals surface area contributed by atoms with Crippen LogP contribution in [-0.2, 0) is 6.42 Å². The van der Waals surface area contributed by atoms with Crippen LogP contribution in [0, 0.1) is 5.82 Å². The molecule has 0 unspecified atom stereocenters. The van der Waals surface area contributed by atoms with E-state index in [0.29, 0.717) is 17.8 Å². The number of rotatable bonds is 2. The number of nitrogens with zero attached hydrogens (tertiary/aromatic N) is 1. The maximum absolute atomic E-state index is 13.3. The average molecular weight is 208 g/mol. The molecular formula is C11H13FN2O. The molecule has 1 heterocycles. The van der Waals surface area contributed by atoms with Crippen LogP contribution in [-0.4, -0.2) is 10.5 Å². The molecule has 2 aromatic rings. The molecule has 80 valence electrons. The first-order chi connectivity index (χ1) is 6.96. The van der Waals surface area contributed by atoms with Gasteiger partial charge in [0.2, 0.25) is 0 Å². The molecule has 2 N–H and O–H groups in total. The van der Waals surface area contributed by atoms with Crippen LogP contribution in [0.4, 0.5) is 4.39 Å². The summed E-state index contributed by atoms with van der Waals surface area (Å²) in [5.41, 5.74) is 6.17. The Labute approximate surface area is 87.1 Å². The Morgan fingerprint density at radius 3 is 2.80 bits per heavy atom. The lowest BCUT2D eigenvalue weighted by atomic mass is 10.0. The lowest BCUT2D eigenvalue weighted by molar-refractivity contribution is 0.427. The summed E-state index contributed by atoms with van der Waals surface area (Å²) in [6, 6.07) is 4.68. The summed E-state index contributed by atoms with van der Waals surface area (Å²) in [6.45, 7) is 3.75. The van der Waals surface area contributed by atoms with Crippen LogP contribution < -0.4 is 5.73 Å². The van der Waals surface area contributed by atoms with Crippen LogP contribution in [0.25, 0.3) is 11.1 Å². The number of aromatic nitrogens is 1. The molecular weight excluding hydrogens is 195 g/mol. The Hall–Kier alpha value is -1.42. The molecule has 15 heavy (non-hydrogen) atoms. The fraction of sp³-hybridized carbons (Fsp3) is 0.364. The number of benzene rings is 1. The van der Waals surface area contributed by atoms with Crippen molar-refractivity contribution >= 4 is 11.1 Å². The number of fused-ring (bicyclic) bond motifs is 1. The van der Waals surface area contributed by atoms with E-state index < -0.39 is 5.54 Å². The summed E-state index contributed by atoms with van der Waals surface area (Å²) in [7, 11) is 0. The third-order valence-corrected chi connectivity index (χ3v) is 2.02. The second kappa shape index (κ2) is 3.31. The van der Waals surface area contributed by atoms with Crippen LogP contribution in [0.5, 0.6) is 0 Å². The van der Waals surface area contributed by atoms with Gasteiger partial charge < -0.3 is 10.2 Å². The van der Waals surface area contributed by atoms with Gasteiger partial charge >= 0.3 is 0 Å². The standard InChI is InChI=1S/C11H13FN2O/c1-11(2,13)6-9-14-8-5-3-4-7(12)10(8)15-9/h3-5H,6,13H2,1-2H3. The van der Waals surface area contributed by atoms with E-state index in [9.17, 15) is 4.39 Å². The van der Waals surface area contributed by atoms with Gasteiger partial charge in [0, 0.05) is 12.0 Å². The first-order valence-corrected chi connectivity index (χ1v) is 4.78. The fourth-order valence-electron chi connectivity index (χ4n) is 1.43. The maximum Gasteiger partial charge on any atom is 0.197 e. The molecule has 2 rings (SSSR count). The van der Waals surface area contributed by atoms with Crippen LogP contribution >= 0.6 is 0 Å². The summed E-state index contributed by atoms with van der Waals surface area (Å²) in [5, 5.41) is 0. The predicted molar refractivity (Wildman–Crippen MR) is 55.9 cm³/mol. The Kier molecular flexibility index (Phi) is 2.23. The zero-order valence-corrected chi connectivity index (χ0v) is 8.75. The van der Waals surface area contributed by atoms with E-state index in [-0.39, 0.29) is 11.4 Å². The van der Waals surface area contributed by atoms with Gasteiger partial charge in [-0.05, 0) is 26.0 Å². The van der Waals surface area contributed by atoms with Crippen LogP contribution in [0.3, 0.4) is 0 Å². The molecule has 1 aromatic heterocycles. The van der Waals surface area contributed by atoms with Gasteiger partial charge in [0.05, 0.1) is 0 Å². The number of nitrogens with two attached hydrogens (primary N) is 1. The molecule has 1 aromatic carbocycles. The van der Waals surface area contributed by atoms with Crippen molar-refractivity contribution in [2.45, 2.75) is 25.8 Å². The van der Waals surface area contributed by atoms with E-state index >= 15 is 0 Å². The molecule has 0 aliphatic carbocycles. The Balaban J connectivity index is 2.44. The highest BCUT2D eigenvalue weighted by atomic mass is 19.1. The molecule has 0 radical (unpaired) electrons. The largest absolute Gasteiger partial charge is 0.438 e. The molecule has 0 aliphatic rings. The van der Waals surface area contributed by atoms with Crippen molar-refractivity contribution in [3.63, 3.8) is 0 Å². The molecule has 0 saturated heterocycles. The van der Waals surface area contributed by atoms with Crippen molar-refractivity contribution in [2.24, 2.45) is 5.73 Å². The molecule has 0 amide bonds. The van der Waals surface area contributed by atoms with Crippen LogP contribution in [0.2, 0.25) is 0 Å². The van der Waals surface area contributed by atoms with Crippen LogP contribution in [0.15, 0.2) is 22.6 Å². The van der Waals surface area contributed by atoms with Crippen molar-refractivity contribution in [2.75, 3.05) is 0 Å². The summed E-state index contributed by atoms with van der Waals surface area (Å²) in [6.07, 6.45) is 0.487. The summed E-state index contributed by atoms with van der Waals surface area (Å²) in [5.74, 6) is 0.0867. The molecule has 0 bridgehead atoms. The van der Waals surface area contributed by atoms with Crippen LogP contribution in [0.1, 0.15) is 19.7 Å². The highest BCUT2D eigenvalue weighted by Gasteiger charge is 2.17. The SMILES string of the molecule is CC(C)(N)Cc1nc2cccc(F)c2o1. The molecule has 4 heteroatoms. The second-order valence-electron chi connectivity index (χ2n) is 4.36. The number of halogens is 1. The van der Waals surface area contributed by atoms with Crippen molar-refractivity contribution < 1.29 is 8.81 Å². The molecule has 0 atom stereocenters. The average Bonchev–Trinajstić information content (AvgIpc) is 2.45. The minimum Gasteiger partial charge on any atom is -0.438 e. The van der Waals surface area contributed by atoms with E-state index in [1.807, 2.05) is 13.8 Å². The lowest BCUT2D eigenvalue weighted by Crippen LogP contribution is -2.34. The molecule has 0 fully saturated rings. The minimum atomic E-state index is -0.405. The predicted octanol–water partition coefficient (Wildman–Crippen LogP) is 2.25. The van der Waals surface area contributed by atoms with Crippen molar-refractivity contribution in [1.29, 1.82) is 0 Å². The molecule has 0 spiro atoms. The van der Waals surface area contributed by atoms with Gasteiger partial charge in [-0.25, -0.2) is 9.37 Å². The number of oxazole rings is 1. The maximum atomic E-state index is 13.3. The summed E-state index contributed by atoms with van der Waals surface area (Å²) < 4.78 is 18.6. The minimum absolute atomic E-state index is 0.205. The van der Waals surface area contributed by atoms with Gasteiger partial charge in [-0.2, -0.15) is 0 Å². The first kappa shape index (κ1) is 10.1. The fourth-order valence-corrected chi connectivity index (χ4v) is 1.43. The van der Waals surface area contributed by atoms with E-state index in [0.717, 1.165) is 0 Å². The van der Waals surface area contributed by atoms with Crippen molar-refractivity contribution in [3.05, 3.63) is 29.9 Å². The second-order valence-corrected chi connectivity index (χ2v) is 4.36. The van der Waals surface area contributed by atoms with Gasteiger partial charge in [0.15, 0.2) is 17.3 Å². The van der Waals surface area contributed by atoms with E-state index in [2.05, 4.69) is 4.98 Å². The smallest absolute Gasteiger partial charge is 0.197 e. The van der Waals surface area contributed by atoms with Crippen molar-refractivity contribution in [3.8, 4) is 0 Å². The van der Waals surface area contributed by atoms with Crippen molar-refractivity contribution in [1.82, 2.24) is 4.98 Å². The Morgan fingerprint density at radius 2 is 2.20 bits per heavy atom. The van der Waals surface area contributed by atoms with Gasteiger partial charge in [-0.3, -0.25) is 0 Å². The zero-order chi connectivity index (χ0) is 11.1. The lowest BCUT2D eigenvalue weighted by Gasteiger charge is -2.14. The summed E-state index contributed by atoms with van der Waals surface area (Å²) >= 11 is 0.